The molecule has 1 aliphatic heterocycles. The third kappa shape index (κ3) is 6.99. The number of benzene rings is 2. The van der Waals surface area contributed by atoms with Gasteiger partial charge >= 0.3 is 6.09 Å². The summed E-state index contributed by atoms with van der Waals surface area (Å²) in [4.78, 5) is 45.3. The van der Waals surface area contributed by atoms with E-state index in [1.807, 2.05) is 0 Å². The number of nitrogens with one attached hydrogen (secondary N) is 4. The number of fused-ring (bicyclic) bond motifs is 4. The molecule has 2 bridgehead atoms. The van der Waals surface area contributed by atoms with Crippen molar-refractivity contribution in [2.45, 2.75) is 38.1 Å². The molecule has 5 rings (SSSR count). The Kier molecular flexibility index (Phi) is 8.87. The number of amides is 3. The van der Waals surface area contributed by atoms with E-state index in [1.54, 1.807) is 48.7 Å². The van der Waals surface area contributed by atoms with Crippen molar-refractivity contribution in [1.29, 1.82) is 0 Å². The number of nitrogens with zero attached hydrogens (tertiary/aromatic N) is 5. The minimum absolute atomic E-state index is 0.137. The topological polar surface area (TPSA) is 169 Å². The van der Waals surface area contributed by atoms with Crippen LogP contribution in [0.15, 0.2) is 55.0 Å². The molecule has 0 aliphatic carbocycles. The first kappa shape index (κ1) is 28.5. The van der Waals surface area contributed by atoms with Crippen LogP contribution >= 0.6 is 11.6 Å². The number of hydrogen-bond acceptors (Lipinski definition) is 8. The summed E-state index contributed by atoms with van der Waals surface area (Å²) in [6, 6.07) is 9.93. The Hall–Kier alpha value is -5.04. The van der Waals surface area contributed by atoms with Crippen LogP contribution in [0.1, 0.15) is 49.5 Å². The molecule has 0 saturated carbocycles. The van der Waals surface area contributed by atoms with Crippen LogP contribution in [0.4, 0.5) is 16.2 Å². The molecule has 1 atom stereocenters. The highest BCUT2D eigenvalue weighted by atomic mass is 35.5. The summed E-state index contributed by atoms with van der Waals surface area (Å²) in [5, 5.41) is 20.4. The van der Waals surface area contributed by atoms with Crippen molar-refractivity contribution < 1.29 is 19.1 Å². The largest absolute Gasteiger partial charge is 0.453 e. The number of rotatable bonds is 5. The molecule has 4 aromatic rings. The standard InChI is InChI=1S/C28H28ClN9O4/c1-42-28(41)32-19-9-10-20-22(14-19)34-25(39)6-4-2-3-5-21(27-30-15-23(20)35-27)33-26(40)12-7-17-13-18(29)8-11-24(17)38-16-31-36-37-38/h7-16,21H,2-6H2,1H3,(H,30,35)(H,32,41)(H,33,40)(H,34,39). The fraction of sp³-hybridized carbons (Fsp3) is 0.250. The van der Waals surface area contributed by atoms with Gasteiger partial charge in [-0.2, -0.15) is 4.68 Å². The lowest BCUT2D eigenvalue weighted by Gasteiger charge is -2.16. The smallest absolute Gasteiger partial charge is 0.411 e. The Labute approximate surface area is 245 Å². The van der Waals surface area contributed by atoms with E-state index in [0.717, 1.165) is 12.8 Å². The Morgan fingerprint density at radius 2 is 2.05 bits per heavy atom. The van der Waals surface area contributed by atoms with Gasteiger partial charge in [-0.25, -0.2) is 9.78 Å². The van der Waals surface area contributed by atoms with Crippen LogP contribution in [0.2, 0.25) is 5.02 Å². The molecule has 0 fully saturated rings. The van der Waals surface area contributed by atoms with Gasteiger partial charge in [-0.1, -0.05) is 24.4 Å². The highest BCUT2D eigenvalue weighted by Crippen LogP contribution is 2.32. The molecular weight excluding hydrogens is 562 g/mol. The Morgan fingerprint density at radius 3 is 2.86 bits per heavy atom. The number of aromatic nitrogens is 6. The summed E-state index contributed by atoms with van der Waals surface area (Å²) >= 11 is 6.20. The number of hydrogen-bond donors (Lipinski definition) is 4. The van der Waals surface area contributed by atoms with Crippen molar-refractivity contribution in [2.24, 2.45) is 0 Å². The summed E-state index contributed by atoms with van der Waals surface area (Å²) in [6.07, 6.45) is 8.77. The number of imidazole rings is 1. The van der Waals surface area contributed by atoms with Crippen LogP contribution < -0.4 is 16.0 Å². The minimum Gasteiger partial charge on any atom is -0.453 e. The second-order valence-electron chi connectivity index (χ2n) is 9.56. The molecule has 1 aliphatic rings. The van der Waals surface area contributed by atoms with Crippen molar-refractivity contribution in [3.05, 3.63) is 71.4 Å². The second-order valence-corrected chi connectivity index (χ2v) is 10.00. The predicted molar refractivity (Wildman–Crippen MR) is 156 cm³/mol. The summed E-state index contributed by atoms with van der Waals surface area (Å²) in [5.74, 6) is 0.125. The van der Waals surface area contributed by atoms with Crippen molar-refractivity contribution in [1.82, 2.24) is 35.5 Å². The van der Waals surface area contributed by atoms with Crippen LogP contribution in [0.25, 0.3) is 23.0 Å². The average molecular weight is 590 g/mol. The van der Waals surface area contributed by atoms with E-state index in [9.17, 15) is 14.4 Å². The first-order valence-corrected chi connectivity index (χ1v) is 13.6. The van der Waals surface area contributed by atoms with Gasteiger partial charge < -0.3 is 20.4 Å². The van der Waals surface area contributed by atoms with Gasteiger partial charge in [0.1, 0.15) is 12.2 Å². The van der Waals surface area contributed by atoms with Gasteiger partial charge in [0.25, 0.3) is 0 Å². The van der Waals surface area contributed by atoms with Gasteiger partial charge in [0.15, 0.2) is 0 Å². The monoisotopic (exact) mass is 589 g/mol. The Morgan fingerprint density at radius 1 is 1.17 bits per heavy atom. The first-order chi connectivity index (χ1) is 20.4. The van der Waals surface area contributed by atoms with Gasteiger partial charge in [-0.05, 0) is 65.7 Å². The number of H-pyrrole nitrogens is 1. The van der Waals surface area contributed by atoms with Crippen LogP contribution in [0.5, 0.6) is 0 Å². The third-order valence-corrected chi connectivity index (χ3v) is 6.89. The van der Waals surface area contributed by atoms with E-state index in [0.29, 0.717) is 64.0 Å². The fourth-order valence-electron chi connectivity index (χ4n) is 4.60. The SMILES string of the molecule is COC(=O)Nc1ccc2c(c1)NC(=O)CCCCCC(NC(=O)C=Cc1cc(Cl)ccc1-n1cnnn1)c1ncc-2[nH]1. The molecule has 14 heteroatoms. The number of halogens is 1. The second kappa shape index (κ2) is 13.1. The van der Waals surface area contributed by atoms with Crippen molar-refractivity contribution in [3.63, 3.8) is 0 Å². The maximum absolute atomic E-state index is 13.1. The lowest BCUT2D eigenvalue weighted by molar-refractivity contribution is -0.117. The number of anilines is 2. The summed E-state index contributed by atoms with van der Waals surface area (Å²) < 4.78 is 6.16. The van der Waals surface area contributed by atoms with E-state index in [2.05, 4.69) is 46.2 Å². The Bertz CT molecular complexity index is 1620. The zero-order valence-corrected chi connectivity index (χ0v) is 23.4. The number of ether oxygens (including phenoxy) is 1. The number of carbonyl (C=O) groups excluding carboxylic acids is 3. The molecule has 0 spiro atoms. The maximum Gasteiger partial charge on any atom is 0.411 e. The number of methoxy groups -OCH3 is 1. The molecule has 0 radical (unpaired) electrons. The van der Waals surface area contributed by atoms with E-state index >= 15 is 0 Å². The van der Waals surface area contributed by atoms with E-state index in [4.69, 9.17) is 11.6 Å². The molecule has 1 unspecified atom stereocenters. The number of carbonyl (C=O) groups is 3. The van der Waals surface area contributed by atoms with Gasteiger partial charge in [0.2, 0.25) is 11.8 Å². The molecular formula is C28H28ClN9O4. The number of aromatic amines is 1. The quantitative estimate of drug-likeness (QED) is 0.244. The Balaban J connectivity index is 1.39. The highest BCUT2D eigenvalue weighted by Gasteiger charge is 2.20. The van der Waals surface area contributed by atoms with Crippen molar-refractivity contribution in [2.75, 3.05) is 17.7 Å². The number of tetrazole rings is 1. The summed E-state index contributed by atoms with van der Waals surface area (Å²) in [5.41, 5.74) is 3.62. The van der Waals surface area contributed by atoms with E-state index < -0.39 is 12.1 Å². The highest BCUT2D eigenvalue weighted by molar-refractivity contribution is 6.30. The predicted octanol–water partition coefficient (Wildman–Crippen LogP) is 4.66. The average Bonchev–Trinajstić information content (AvgIpc) is 3.68. The van der Waals surface area contributed by atoms with E-state index in [-0.39, 0.29) is 11.8 Å². The lowest BCUT2D eigenvalue weighted by atomic mass is 10.1. The fourth-order valence-corrected chi connectivity index (χ4v) is 4.79. The first-order valence-electron chi connectivity index (χ1n) is 13.3. The zero-order chi connectivity index (χ0) is 29.5. The van der Waals surface area contributed by atoms with Gasteiger partial charge in [-0.3, -0.25) is 14.9 Å². The van der Waals surface area contributed by atoms with Crippen LogP contribution in [0, 0.1) is 0 Å². The molecule has 2 aromatic carbocycles. The van der Waals surface area contributed by atoms with E-state index in [1.165, 1.54) is 24.2 Å². The molecule has 42 heavy (non-hydrogen) atoms. The van der Waals surface area contributed by atoms with Gasteiger partial charge in [0, 0.05) is 34.3 Å². The van der Waals surface area contributed by atoms with Crippen molar-refractivity contribution in [3.8, 4) is 16.9 Å². The molecule has 3 amide bonds. The minimum atomic E-state index is -0.621. The summed E-state index contributed by atoms with van der Waals surface area (Å²) in [7, 11) is 1.27. The molecule has 13 nitrogen and oxygen atoms in total. The maximum atomic E-state index is 13.1. The van der Waals surface area contributed by atoms with Crippen LogP contribution in [0.3, 0.4) is 0 Å². The molecule has 4 N–H and O–H groups in total. The summed E-state index contributed by atoms with van der Waals surface area (Å²) in [6.45, 7) is 0. The molecule has 2 aromatic heterocycles. The lowest BCUT2D eigenvalue weighted by Crippen LogP contribution is -2.27. The van der Waals surface area contributed by atoms with Gasteiger partial charge in [-0.15, -0.1) is 5.10 Å². The molecule has 0 saturated heterocycles. The van der Waals surface area contributed by atoms with Crippen LogP contribution in [-0.2, 0) is 14.3 Å². The van der Waals surface area contributed by atoms with Crippen LogP contribution in [-0.4, -0.2) is 55.2 Å². The zero-order valence-electron chi connectivity index (χ0n) is 22.6. The molecule has 216 valence electrons. The normalized spacial score (nSPS) is 15.5. The molecule has 3 heterocycles. The van der Waals surface area contributed by atoms with Gasteiger partial charge in [0.05, 0.1) is 36.4 Å². The van der Waals surface area contributed by atoms with Crippen molar-refractivity contribution >= 4 is 47.0 Å². The third-order valence-electron chi connectivity index (χ3n) is 6.65.